The molecule has 9 heteroatoms. The number of halogens is 3. The summed E-state index contributed by atoms with van der Waals surface area (Å²) in [5.74, 6) is -0.0825. The molecular formula is C9H14F3N3O2S. The van der Waals surface area contributed by atoms with E-state index in [4.69, 9.17) is 0 Å². The summed E-state index contributed by atoms with van der Waals surface area (Å²) in [6, 6.07) is 0. The van der Waals surface area contributed by atoms with Crippen molar-refractivity contribution in [2.24, 2.45) is 0 Å². The number of hydrogen-bond acceptors (Lipinski definition) is 3. The summed E-state index contributed by atoms with van der Waals surface area (Å²) < 4.78 is 60.0. The van der Waals surface area contributed by atoms with Gasteiger partial charge in [-0.2, -0.15) is 17.5 Å². The quantitative estimate of drug-likeness (QED) is 0.861. The van der Waals surface area contributed by atoms with Crippen LogP contribution in [0.3, 0.4) is 0 Å². The van der Waals surface area contributed by atoms with Crippen molar-refractivity contribution in [1.29, 1.82) is 0 Å². The van der Waals surface area contributed by atoms with Crippen molar-refractivity contribution in [3.05, 3.63) is 18.2 Å². The minimum absolute atomic E-state index is 0.0152. The maximum atomic E-state index is 11.9. The highest BCUT2D eigenvalue weighted by atomic mass is 32.2. The average Bonchev–Trinajstić information content (AvgIpc) is 2.67. The van der Waals surface area contributed by atoms with Crippen LogP contribution >= 0.6 is 0 Å². The fourth-order valence-electron chi connectivity index (χ4n) is 1.30. The Labute approximate surface area is 103 Å². The van der Waals surface area contributed by atoms with Gasteiger partial charge >= 0.3 is 6.18 Å². The number of rotatable bonds is 6. The van der Waals surface area contributed by atoms with Gasteiger partial charge in [-0.1, -0.05) is 0 Å². The van der Waals surface area contributed by atoms with Crippen molar-refractivity contribution >= 4 is 10.0 Å². The number of aromatic amines is 1. The largest absolute Gasteiger partial charge is 0.389 e. The molecule has 0 aliphatic heterocycles. The molecule has 1 aromatic rings. The van der Waals surface area contributed by atoms with E-state index >= 15 is 0 Å². The molecule has 1 heterocycles. The Morgan fingerprint density at radius 1 is 1.44 bits per heavy atom. The highest BCUT2D eigenvalue weighted by Gasteiger charge is 2.28. The van der Waals surface area contributed by atoms with E-state index in [0.29, 0.717) is 5.82 Å². The zero-order valence-electron chi connectivity index (χ0n) is 9.74. The second-order valence-corrected chi connectivity index (χ2v) is 6.02. The molecule has 1 N–H and O–H groups in total. The Bertz CT molecular complexity index is 456. The second kappa shape index (κ2) is 5.70. The summed E-state index contributed by atoms with van der Waals surface area (Å²) in [5.41, 5.74) is 0. The summed E-state index contributed by atoms with van der Waals surface area (Å²) in [6.07, 6.45) is -2.84. The van der Waals surface area contributed by atoms with Crippen molar-refractivity contribution < 1.29 is 21.6 Å². The maximum Gasteiger partial charge on any atom is 0.389 e. The van der Waals surface area contributed by atoms with E-state index in [9.17, 15) is 21.6 Å². The van der Waals surface area contributed by atoms with Crippen molar-refractivity contribution in [3.63, 3.8) is 0 Å². The van der Waals surface area contributed by atoms with Crippen LogP contribution in [0.25, 0.3) is 0 Å². The predicted octanol–water partition coefficient (Wildman–Crippen LogP) is 1.51. The monoisotopic (exact) mass is 285 g/mol. The van der Waals surface area contributed by atoms with Gasteiger partial charge in [0.05, 0.1) is 12.3 Å². The number of imidazole rings is 1. The van der Waals surface area contributed by atoms with Crippen LogP contribution in [0.5, 0.6) is 0 Å². The van der Waals surface area contributed by atoms with Gasteiger partial charge in [-0.05, 0) is 6.42 Å². The fourth-order valence-corrected chi connectivity index (χ4v) is 2.44. The van der Waals surface area contributed by atoms with Crippen LogP contribution in [0.15, 0.2) is 12.4 Å². The number of nitrogens with one attached hydrogen (secondary N) is 1. The summed E-state index contributed by atoms with van der Waals surface area (Å²) >= 11 is 0. The third-order valence-corrected chi connectivity index (χ3v) is 4.15. The molecule has 0 aliphatic carbocycles. The van der Waals surface area contributed by atoms with E-state index in [2.05, 4.69) is 9.97 Å². The summed E-state index contributed by atoms with van der Waals surface area (Å²) in [5, 5.41) is 0. The first-order valence-corrected chi connectivity index (χ1v) is 6.81. The first-order valence-electron chi connectivity index (χ1n) is 5.20. The van der Waals surface area contributed by atoms with Gasteiger partial charge in [-0.3, -0.25) is 0 Å². The van der Waals surface area contributed by atoms with Crippen LogP contribution in [-0.4, -0.2) is 41.7 Å². The third kappa shape index (κ3) is 5.05. The molecule has 104 valence electrons. The van der Waals surface area contributed by atoms with Crippen LogP contribution in [0, 0.1) is 0 Å². The highest BCUT2D eigenvalue weighted by molar-refractivity contribution is 7.89. The van der Waals surface area contributed by atoms with Gasteiger partial charge in [0.2, 0.25) is 10.0 Å². The molecule has 0 aliphatic rings. The summed E-state index contributed by atoms with van der Waals surface area (Å²) in [6.45, 7) is 0.0152. The van der Waals surface area contributed by atoms with Gasteiger partial charge in [0.15, 0.2) is 0 Å². The minimum Gasteiger partial charge on any atom is -0.347 e. The van der Waals surface area contributed by atoms with Crippen LogP contribution in [0.1, 0.15) is 18.7 Å². The number of sulfonamides is 1. The molecule has 0 saturated heterocycles. The molecule has 18 heavy (non-hydrogen) atoms. The van der Waals surface area contributed by atoms with E-state index in [1.54, 1.807) is 6.20 Å². The number of hydrogen-bond donors (Lipinski definition) is 1. The molecule has 0 saturated carbocycles. The number of H-pyrrole nitrogens is 1. The minimum atomic E-state index is -4.32. The van der Waals surface area contributed by atoms with Gasteiger partial charge in [-0.15, -0.1) is 0 Å². The zero-order valence-corrected chi connectivity index (χ0v) is 10.6. The van der Waals surface area contributed by atoms with E-state index in [0.717, 1.165) is 4.31 Å². The fraction of sp³-hybridized carbons (Fsp3) is 0.667. The Balaban J connectivity index is 2.48. The molecular weight excluding hydrogens is 271 g/mol. The van der Waals surface area contributed by atoms with E-state index in [1.165, 1.54) is 13.2 Å². The average molecular weight is 285 g/mol. The Morgan fingerprint density at radius 2 is 2.11 bits per heavy atom. The molecule has 0 spiro atoms. The lowest BCUT2D eigenvalue weighted by Gasteiger charge is -2.16. The molecule has 0 amide bonds. The van der Waals surface area contributed by atoms with Gasteiger partial charge in [0, 0.05) is 25.9 Å². The molecule has 1 rings (SSSR count). The summed E-state index contributed by atoms with van der Waals surface area (Å²) in [4.78, 5) is 6.57. The van der Waals surface area contributed by atoms with Crippen LogP contribution in [0.2, 0.25) is 0 Å². The lowest BCUT2D eigenvalue weighted by Crippen LogP contribution is -2.29. The number of aromatic nitrogens is 2. The molecule has 0 fully saturated rings. The van der Waals surface area contributed by atoms with Gasteiger partial charge in [0.25, 0.3) is 0 Å². The van der Waals surface area contributed by atoms with Gasteiger partial charge < -0.3 is 4.98 Å². The normalized spacial score (nSPS) is 13.2. The topological polar surface area (TPSA) is 66.1 Å². The zero-order chi connectivity index (χ0) is 13.8. The number of nitrogens with zero attached hydrogens (tertiary/aromatic N) is 2. The highest BCUT2D eigenvalue weighted by Crippen LogP contribution is 2.22. The molecule has 0 unspecified atom stereocenters. The smallest absolute Gasteiger partial charge is 0.347 e. The SMILES string of the molecule is CN(Cc1ncc[nH]1)S(=O)(=O)CCCC(F)(F)F. The van der Waals surface area contributed by atoms with E-state index in [-0.39, 0.29) is 6.54 Å². The Kier molecular flexibility index (Phi) is 4.74. The molecule has 1 aromatic heterocycles. The van der Waals surface area contributed by atoms with Crippen LogP contribution in [0.4, 0.5) is 13.2 Å². The lowest BCUT2D eigenvalue weighted by molar-refractivity contribution is -0.134. The Hall–Kier alpha value is -1.09. The van der Waals surface area contributed by atoms with Crippen molar-refractivity contribution in [2.75, 3.05) is 12.8 Å². The van der Waals surface area contributed by atoms with Gasteiger partial charge in [-0.25, -0.2) is 13.4 Å². The molecule has 0 radical (unpaired) electrons. The first kappa shape index (κ1) is 15.0. The van der Waals surface area contributed by atoms with Crippen molar-refractivity contribution in [2.45, 2.75) is 25.6 Å². The maximum absolute atomic E-state index is 11.9. The summed E-state index contributed by atoms with van der Waals surface area (Å²) in [7, 11) is -2.37. The molecule has 5 nitrogen and oxygen atoms in total. The van der Waals surface area contributed by atoms with E-state index < -0.39 is 34.8 Å². The number of alkyl halides is 3. The van der Waals surface area contributed by atoms with E-state index in [1.807, 2.05) is 0 Å². The first-order chi connectivity index (χ1) is 8.21. The van der Waals surface area contributed by atoms with Gasteiger partial charge in [0.1, 0.15) is 5.82 Å². The van der Waals surface area contributed by atoms with Crippen LogP contribution in [-0.2, 0) is 16.6 Å². The standard InChI is InChI=1S/C9H14F3N3O2S/c1-15(7-8-13-4-5-14-8)18(16,17)6-2-3-9(10,11)12/h4-5H,2-3,6-7H2,1H3,(H,13,14). The van der Waals surface area contributed by atoms with Crippen LogP contribution < -0.4 is 0 Å². The Morgan fingerprint density at radius 3 is 2.61 bits per heavy atom. The van der Waals surface area contributed by atoms with Crippen molar-refractivity contribution in [1.82, 2.24) is 14.3 Å². The lowest BCUT2D eigenvalue weighted by atomic mass is 10.3. The molecule has 0 bridgehead atoms. The molecule has 0 atom stereocenters. The molecule has 0 aromatic carbocycles. The van der Waals surface area contributed by atoms with Crippen molar-refractivity contribution in [3.8, 4) is 0 Å². The second-order valence-electron chi connectivity index (χ2n) is 3.83. The predicted molar refractivity (Wildman–Crippen MR) is 59.1 cm³/mol. The third-order valence-electron chi connectivity index (χ3n) is 2.26.